The molecule has 1 atom stereocenters. The van der Waals surface area contributed by atoms with Gasteiger partial charge < -0.3 is 19.5 Å². The minimum Gasteiger partial charge on any atom is -0.508 e. The first-order chi connectivity index (χ1) is 11.9. The summed E-state index contributed by atoms with van der Waals surface area (Å²) >= 11 is 12.2. The summed E-state index contributed by atoms with van der Waals surface area (Å²) in [6.07, 6.45) is 0. The van der Waals surface area contributed by atoms with Crippen molar-refractivity contribution < 1.29 is 18.7 Å². The molecule has 5 nitrogen and oxygen atoms in total. The molecule has 25 heavy (non-hydrogen) atoms. The van der Waals surface area contributed by atoms with E-state index in [-0.39, 0.29) is 19.0 Å². The molecule has 136 valence electrons. The molecule has 0 heterocycles. The second kappa shape index (κ2) is 8.93. The van der Waals surface area contributed by atoms with E-state index in [4.69, 9.17) is 32.2 Å². The Labute approximate surface area is 157 Å². The van der Waals surface area contributed by atoms with Crippen LogP contribution in [0.1, 0.15) is 25.2 Å². The number of aromatic hydroxyl groups is 1. The van der Waals surface area contributed by atoms with E-state index in [1.807, 2.05) is 0 Å². The van der Waals surface area contributed by atoms with Crippen molar-refractivity contribution >= 4 is 36.5 Å². The topological polar surface area (TPSA) is 67.8 Å². The number of rotatable bonds is 8. The molecule has 2 aromatic rings. The molecule has 0 aliphatic rings. The Morgan fingerprint density at radius 2 is 1.76 bits per heavy atom. The van der Waals surface area contributed by atoms with E-state index in [0.717, 1.165) is 0 Å². The quantitative estimate of drug-likeness (QED) is 0.523. The standard InChI is InChI=1S/C17H20Cl2NO4P/c1-3-23-25(22,24-4-2)17(13-7-5-6-8-16(13)21)20-15-10-9-12(18)11-14(15)19/h5-11,17,20-21H,3-4H2,1-2H3. The van der Waals surface area contributed by atoms with Gasteiger partial charge in [-0.15, -0.1) is 0 Å². The third kappa shape index (κ3) is 4.90. The van der Waals surface area contributed by atoms with Crippen molar-refractivity contribution in [3.8, 4) is 5.75 Å². The molecule has 0 radical (unpaired) electrons. The van der Waals surface area contributed by atoms with E-state index >= 15 is 0 Å². The SMILES string of the molecule is CCOP(=O)(OCC)C(Nc1ccc(Cl)cc1Cl)c1ccccc1O. The van der Waals surface area contributed by atoms with Gasteiger partial charge in [0.05, 0.1) is 23.9 Å². The Morgan fingerprint density at radius 3 is 2.32 bits per heavy atom. The Bertz CT molecular complexity index is 762. The zero-order valence-corrected chi connectivity index (χ0v) is 16.3. The molecular weight excluding hydrogens is 384 g/mol. The van der Waals surface area contributed by atoms with Crippen LogP contribution in [0, 0.1) is 0 Å². The van der Waals surface area contributed by atoms with E-state index < -0.39 is 13.4 Å². The number of nitrogens with one attached hydrogen (secondary N) is 1. The van der Waals surface area contributed by atoms with Crippen molar-refractivity contribution in [2.75, 3.05) is 18.5 Å². The fourth-order valence-electron chi connectivity index (χ4n) is 2.35. The van der Waals surface area contributed by atoms with Gasteiger partial charge in [0.1, 0.15) is 5.75 Å². The summed E-state index contributed by atoms with van der Waals surface area (Å²) in [7, 11) is -3.64. The number of hydrogen-bond acceptors (Lipinski definition) is 5. The molecule has 0 amide bonds. The fraction of sp³-hybridized carbons (Fsp3) is 0.294. The number of phenolic OH excluding ortho intramolecular Hbond substituents is 1. The Balaban J connectivity index is 2.52. The number of para-hydroxylation sites is 1. The Morgan fingerprint density at radius 1 is 1.12 bits per heavy atom. The first-order valence-electron chi connectivity index (χ1n) is 7.79. The molecule has 0 saturated heterocycles. The minimum atomic E-state index is -3.64. The number of phenols is 1. The molecule has 1 unspecified atom stereocenters. The molecule has 0 aromatic heterocycles. The molecule has 0 bridgehead atoms. The Kier molecular flexibility index (Phi) is 7.17. The highest BCUT2D eigenvalue weighted by Crippen LogP contribution is 2.62. The summed E-state index contributed by atoms with van der Waals surface area (Å²) in [6.45, 7) is 3.83. The highest BCUT2D eigenvalue weighted by atomic mass is 35.5. The average Bonchev–Trinajstić information content (AvgIpc) is 2.55. The van der Waals surface area contributed by atoms with E-state index in [9.17, 15) is 9.67 Å². The van der Waals surface area contributed by atoms with Crippen LogP contribution in [0.3, 0.4) is 0 Å². The monoisotopic (exact) mass is 403 g/mol. The van der Waals surface area contributed by atoms with Crippen LogP contribution < -0.4 is 5.32 Å². The van der Waals surface area contributed by atoms with E-state index in [1.165, 1.54) is 6.07 Å². The summed E-state index contributed by atoms with van der Waals surface area (Å²) < 4.78 is 24.3. The molecular formula is C17H20Cl2NO4P. The largest absolute Gasteiger partial charge is 0.508 e. The van der Waals surface area contributed by atoms with Gasteiger partial charge in [-0.2, -0.15) is 0 Å². The average molecular weight is 404 g/mol. The maximum atomic E-state index is 13.4. The van der Waals surface area contributed by atoms with Crippen molar-refractivity contribution in [2.45, 2.75) is 19.6 Å². The van der Waals surface area contributed by atoms with Gasteiger partial charge in [0.2, 0.25) is 0 Å². The predicted molar refractivity (Wildman–Crippen MR) is 102 cm³/mol. The lowest BCUT2D eigenvalue weighted by molar-refractivity contribution is 0.213. The van der Waals surface area contributed by atoms with Gasteiger partial charge >= 0.3 is 7.60 Å². The highest BCUT2D eigenvalue weighted by molar-refractivity contribution is 7.54. The minimum absolute atomic E-state index is 0.0234. The molecule has 0 spiro atoms. The summed E-state index contributed by atoms with van der Waals surface area (Å²) in [4.78, 5) is 0. The number of benzene rings is 2. The molecule has 0 aliphatic heterocycles. The second-order valence-electron chi connectivity index (χ2n) is 5.11. The van der Waals surface area contributed by atoms with Crippen molar-refractivity contribution in [1.82, 2.24) is 0 Å². The van der Waals surface area contributed by atoms with Crippen LogP contribution in [0.2, 0.25) is 10.0 Å². The fourth-order valence-corrected chi connectivity index (χ4v) is 4.76. The van der Waals surface area contributed by atoms with Gasteiger partial charge in [-0.3, -0.25) is 4.57 Å². The predicted octanol–water partition coefficient (Wildman–Crippen LogP) is 6.08. The summed E-state index contributed by atoms with van der Waals surface area (Å²) in [5.74, 6) is -0.961. The first kappa shape index (κ1) is 20.1. The van der Waals surface area contributed by atoms with E-state index in [0.29, 0.717) is 21.3 Å². The lowest BCUT2D eigenvalue weighted by atomic mass is 10.2. The Hall–Kier alpha value is -1.23. The molecule has 0 fully saturated rings. The lowest BCUT2D eigenvalue weighted by Crippen LogP contribution is -2.15. The maximum Gasteiger partial charge on any atom is 0.357 e. The van der Waals surface area contributed by atoms with Crippen LogP contribution in [0.15, 0.2) is 42.5 Å². The van der Waals surface area contributed by atoms with Crippen LogP contribution in [-0.4, -0.2) is 18.3 Å². The van der Waals surface area contributed by atoms with Gasteiger partial charge in [-0.1, -0.05) is 41.4 Å². The lowest BCUT2D eigenvalue weighted by Gasteiger charge is -2.29. The van der Waals surface area contributed by atoms with Crippen molar-refractivity contribution in [1.29, 1.82) is 0 Å². The summed E-state index contributed by atoms with van der Waals surface area (Å²) in [5, 5.41) is 14.2. The van der Waals surface area contributed by atoms with Gasteiger partial charge in [0.25, 0.3) is 0 Å². The highest BCUT2D eigenvalue weighted by Gasteiger charge is 2.38. The number of hydrogen-bond donors (Lipinski definition) is 2. The second-order valence-corrected chi connectivity index (χ2v) is 8.06. The zero-order chi connectivity index (χ0) is 18.4. The van der Waals surface area contributed by atoms with Crippen molar-refractivity contribution in [3.05, 3.63) is 58.1 Å². The van der Waals surface area contributed by atoms with Crippen LogP contribution in [0.4, 0.5) is 5.69 Å². The number of halogens is 2. The zero-order valence-electron chi connectivity index (χ0n) is 13.9. The molecule has 2 rings (SSSR count). The molecule has 0 saturated carbocycles. The number of anilines is 1. The first-order valence-corrected chi connectivity index (χ1v) is 10.2. The normalized spacial score (nSPS) is 12.8. The van der Waals surface area contributed by atoms with Crippen molar-refractivity contribution in [2.24, 2.45) is 0 Å². The third-order valence-corrected chi connectivity index (χ3v) is 6.21. The summed E-state index contributed by atoms with van der Waals surface area (Å²) in [6, 6.07) is 11.5. The van der Waals surface area contributed by atoms with Crippen LogP contribution >= 0.6 is 30.8 Å². The molecule has 2 N–H and O–H groups in total. The molecule has 2 aromatic carbocycles. The van der Waals surface area contributed by atoms with Gasteiger partial charge in [-0.25, -0.2) is 0 Å². The smallest absolute Gasteiger partial charge is 0.357 e. The maximum absolute atomic E-state index is 13.4. The van der Waals surface area contributed by atoms with Gasteiger partial charge in [-0.05, 0) is 38.1 Å². The van der Waals surface area contributed by atoms with Gasteiger partial charge in [0, 0.05) is 10.6 Å². The van der Waals surface area contributed by atoms with E-state index in [2.05, 4.69) is 5.32 Å². The van der Waals surface area contributed by atoms with Crippen molar-refractivity contribution in [3.63, 3.8) is 0 Å². The molecule has 8 heteroatoms. The van der Waals surface area contributed by atoms with E-state index in [1.54, 1.807) is 50.2 Å². The third-order valence-electron chi connectivity index (χ3n) is 3.39. The van der Waals surface area contributed by atoms with Crippen LogP contribution in [0.25, 0.3) is 0 Å². The van der Waals surface area contributed by atoms with Gasteiger partial charge in [0.15, 0.2) is 5.78 Å². The summed E-state index contributed by atoms with van der Waals surface area (Å²) in [5.41, 5.74) is 0.887. The van der Waals surface area contributed by atoms with Crippen LogP contribution in [0.5, 0.6) is 5.75 Å². The van der Waals surface area contributed by atoms with Crippen LogP contribution in [-0.2, 0) is 13.6 Å². The molecule has 0 aliphatic carbocycles.